The van der Waals surface area contributed by atoms with E-state index in [4.69, 9.17) is 42.3 Å². The maximum absolute atomic E-state index is 7.45. The fourth-order valence-corrected chi connectivity index (χ4v) is 8.64. The molecule has 0 aromatic heterocycles. The van der Waals surface area contributed by atoms with Crippen LogP contribution in [0, 0.1) is 0 Å². The van der Waals surface area contributed by atoms with Gasteiger partial charge in [0.15, 0.2) is 8.32 Å². The van der Waals surface area contributed by atoms with E-state index in [1.54, 1.807) is 7.11 Å². The standard InChI is InChI=1S/C50H66O9Si/c1-50(2,3)60(5,6)59-48-45(31-42-27-28-43(54-33-39-21-13-8-14-22-39)46(57-42)36-53-32-38-19-11-7-12-20-38)58-44(29-30-52-37-51-4)47(55-34-40-23-15-9-16-24-40)49(48)56-35-41-25-17-10-18-26-41/h7-27,43-49H,28-37H2,1-6H3/t43-,44-,45+,46+,47-,48+,49+/m0/s1. The maximum atomic E-state index is 7.45. The molecule has 1 fully saturated rings. The van der Waals surface area contributed by atoms with Crippen LogP contribution in [0.2, 0.25) is 18.1 Å². The van der Waals surface area contributed by atoms with Crippen LogP contribution in [0.3, 0.4) is 0 Å². The molecule has 4 aromatic rings. The first kappa shape index (κ1) is 45.8. The lowest BCUT2D eigenvalue weighted by molar-refractivity contribution is -0.253. The van der Waals surface area contributed by atoms with Gasteiger partial charge in [-0.25, -0.2) is 0 Å². The Morgan fingerprint density at radius 3 is 1.65 bits per heavy atom. The van der Waals surface area contributed by atoms with Crippen LogP contribution in [0.15, 0.2) is 133 Å². The molecule has 4 aromatic carbocycles. The zero-order valence-electron chi connectivity index (χ0n) is 36.4. The summed E-state index contributed by atoms with van der Waals surface area (Å²) < 4.78 is 59.5. The Bertz CT molecular complexity index is 1820. The minimum Gasteiger partial charge on any atom is -0.490 e. The van der Waals surface area contributed by atoms with Gasteiger partial charge in [-0.2, -0.15) is 0 Å². The molecule has 0 saturated carbocycles. The summed E-state index contributed by atoms with van der Waals surface area (Å²) in [6.45, 7) is 14.1. The van der Waals surface area contributed by atoms with Crippen LogP contribution in [-0.4, -0.2) is 78.2 Å². The van der Waals surface area contributed by atoms with Gasteiger partial charge in [-0.05, 0) is 59.3 Å². The SMILES string of the molecule is COCOCC[C@@H]1O[C@H](CC2=CC[C@H](OCc3ccccc3)[C@@H](COCc3ccccc3)O2)[C@@H](O[Si](C)(C)C(C)(C)C)[C@H](OCc2ccccc2)[C@H]1OCc1ccccc1. The zero-order valence-corrected chi connectivity index (χ0v) is 37.4. The number of hydrogen-bond acceptors (Lipinski definition) is 9. The third kappa shape index (κ3) is 13.7. The summed E-state index contributed by atoms with van der Waals surface area (Å²) in [6.07, 6.45) is 1.19. The van der Waals surface area contributed by atoms with Crippen molar-refractivity contribution in [1.82, 2.24) is 0 Å². The molecule has 1 saturated heterocycles. The van der Waals surface area contributed by atoms with E-state index >= 15 is 0 Å². The van der Waals surface area contributed by atoms with Gasteiger partial charge in [-0.15, -0.1) is 0 Å². The van der Waals surface area contributed by atoms with Crippen LogP contribution < -0.4 is 0 Å². The van der Waals surface area contributed by atoms with Gasteiger partial charge in [0.2, 0.25) is 0 Å². The lowest BCUT2D eigenvalue weighted by atomic mass is 9.90. The van der Waals surface area contributed by atoms with E-state index in [2.05, 4.69) is 88.5 Å². The molecule has 6 rings (SSSR count). The van der Waals surface area contributed by atoms with Crippen molar-refractivity contribution < 1.29 is 42.3 Å². The number of ether oxygens (including phenoxy) is 8. The molecular formula is C50H66O9Si. The zero-order chi connectivity index (χ0) is 42.2. The van der Waals surface area contributed by atoms with Crippen molar-refractivity contribution in [3.05, 3.63) is 155 Å². The van der Waals surface area contributed by atoms with Crippen molar-refractivity contribution in [2.75, 3.05) is 27.1 Å². The molecular weight excluding hydrogens is 773 g/mol. The first-order chi connectivity index (χ1) is 29.1. The highest BCUT2D eigenvalue weighted by Crippen LogP contribution is 2.42. The molecule has 0 unspecified atom stereocenters. The van der Waals surface area contributed by atoms with Crippen LogP contribution >= 0.6 is 0 Å². The predicted octanol–water partition coefficient (Wildman–Crippen LogP) is 10.2. The van der Waals surface area contributed by atoms with Crippen molar-refractivity contribution in [3.63, 3.8) is 0 Å². The minimum atomic E-state index is -2.40. The van der Waals surface area contributed by atoms with E-state index in [9.17, 15) is 0 Å². The second-order valence-electron chi connectivity index (χ2n) is 17.3. The summed E-state index contributed by atoms with van der Waals surface area (Å²) >= 11 is 0. The second-order valence-corrected chi connectivity index (χ2v) is 22.0. The Labute approximate surface area is 359 Å². The Morgan fingerprint density at radius 1 is 0.600 bits per heavy atom. The van der Waals surface area contributed by atoms with Gasteiger partial charge in [0.05, 0.1) is 57.6 Å². The van der Waals surface area contributed by atoms with Crippen molar-refractivity contribution in [1.29, 1.82) is 0 Å². The quantitative estimate of drug-likeness (QED) is 0.0437. The molecule has 324 valence electrons. The summed E-state index contributed by atoms with van der Waals surface area (Å²) in [5.74, 6) is 0.830. The third-order valence-corrected chi connectivity index (χ3v) is 16.2. The predicted molar refractivity (Wildman–Crippen MR) is 237 cm³/mol. The number of rotatable bonds is 22. The number of benzene rings is 4. The molecule has 0 radical (unpaired) electrons. The van der Waals surface area contributed by atoms with E-state index in [0.717, 1.165) is 28.0 Å². The summed E-state index contributed by atoms with van der Waals surface area (Å²) in [5.41, 5.74) is 4.37. The molecule has 0 bridgehead atoms. The van der Waals surface area contributed by atoms with Crippen LogP contribution in [-0.2, 0) is 68.7 Å². The van der Waals surface area contributed by atoms with E-state index in [1.807, 2.05) is 72.8 Å². The highest BCUT2D eigenvalue weighted by Gasteiger charge is 2.52. The molecule has 2 aliphatic heterocycles. The molecule has 0 amide bonds. The van der Waals surface area contributed by atoms with Crippen molar-refractivity contribution in [3.8, 4) is 0 Å². The van der Waals surface area contributed by atoms with Crippen LogP contribution in [0.4, 0.5) is 0 Å². The molecule has 2 heterocycles. The number of hydrogen-bond donors (Lipinski definition) is 0. The summed E-state index contributed by atoms with van der Waals surface area (Å²) in [4.78, 5) is 0. The molecule has 2 aliphatic rings. The molecule has 0 N–H and O–H groups in total. The topological polar surface area (TPSA) is 83.1 Å². The lowest BCUT2D eigenvalue weighted by Crippen LogP contribution is -2.63. The van der Waals surface area contributed by atoms with Gasteiger partial charge in [0.25, 0.3) is 0 Å². The smallest absolute Gasteiger partial charge is 0.192 e. The lowest BCUT2D eigenvalue weighted by Gasteiger charge is -2.50. The van der Waals surface area contributed by atoms with E-state index in [1.165, 1.54) is 0 Å². The van der Waals surface area contributed by atoms with Crippen molar-refractivity contribution >= 4 is 8.32 Å². The normalized spacial score (nSPS) is 23.5. The van der Waals surface area contributed by atoms with Gasteiger partial charge in [-0.3, -0.25) is 0 Å². The van der Waals surface area contributed by atoms with Gasteiger partial charge >= 0.3 is 0 Å². The number of methoxy groups -OCH3 is 1. The highest BCUT2D eigenvalue weighted by atomic mass is 28.4. The van der Waals surface area contributed by atoms with Crippen LogP contribution in [0.1, 0.15) is 62.3 Å². The Kier molecular flexibility index (Phi) is 17.5. The maximum Gasteiger partial charge on any atom is 0.192 e. The monoisotopic (exact) mass is 838 g/mol. The first-order valence-electron chi connectivity index (χ1n) is 21.4. The minimum absolute atomic E-state index is 0.0716. The molecule has 0 aliphatic carbocycles. The third-order valence-electron chi connectivity index (χ3n) is 11.7. The van der Waals surface area contributed by atoms with Gasteiger partial charge in [-0.1, -0.05) is 142 Å². The van der Waals surface area contributed by atoms with Crippen LogP contribution in [0.25, 0.3) is 0 Å². The molecule has 7 atom stereocenters. The first-order valence-corrected chi connectivity index (χ1v) is 24.3. The molecule has 60 heavy (non-hydrogen) atoms. The fraction of sp³-hybridized carbons (Fsp3) is 0.480. The largest absolute Gasteiger partial charge is 0.490 e. The summed E-state index contributed by atoms with van der Waals surface area (Å²) in [6, 6.07) is 41.0. The fourth-order valence-electron chi connectivity index (χ4n) is 7.32. The second kappa shape index (κ2) is 23.0. The van der Waals surface area contributed by atoms with E-state index < -0.39 is 32.7 Å². The van der Waals surface area contributed by atoms with Gasteiger partial charge < -0.3 is 42.3 Å². The van der Waals surface area contributed by atoms with Crippen LogP contribution in [0.5, 0.6) is 0 Å². The van der Waals surface area contributed by atoms with E-state index in [0.29, 0.717) is 58.9 Å². The highest BCUT2D eigenvalue weighted by molar-refractivity contribution is 6.74. The molecule has 0 spiro atoms. The van der Waals surface area contributed by atoms with Crippen molar-refractivity contribution in [2.45, 2.75) is 127 Å². The summed E-state index contributed by atoms with van der Waals surface area (Å²) in [7, 11) is -0.770. The average Bonchev–Trinajstić information content (AvgIpc) is 3.25. The Hall–Kier alpha value is -3.68. The molecule has 9 nitrogen and oxygen atoms in total. The van der Waals surface area contributed by atoms with Gasteiger partial charge in [0, 0.05) is 13.5 Å². The Morgan fingerprint density at radius 2 is 1.12 bits per heavy atom. The molecule has 10 heteroatoms. The van der Waals surface area contributed by atoms with Gasteiger partial charge in [0.1, 0.15) is 37.3 Å². The van der Waals surface area contributed by atoms with Crippen molar-refractivity contribution in [2.24, 2.45) is 0 Å². The Balaban J connectivity index is 1.30. The average molecular weight is 839 g/mol. The summed E-state index contributed by atoms with van der Waals surface area (Å²) in [5, 5.41) is -0.0716. The van der Waals surface area contributed by atoms with E-state index in [-0.39, 0.29) is 30.1 Å².